The van der Waals surface area contributed by atoms with E-state index in [0.717, 1.165) is 6.07 Å². The fourth-order valence-electron chi connectivity index (χ4n) is 1.26. The van der Waals surface area contributed by atoms with Crippen LogP contribution in [0.1, 0.15) is 24.2 Å². The first-order valence-electron chi connectivity index (χ1n) is 5.25. The van der Waals surface area contributed by atoms with Crippen LogP contribution in [0.5, 0.6) is 5.75 Å². The van der Waals surface area contributed by atoms with Gasteiger partial charge in [0, 0.05) is 12.1 Å². The van der Waals surface area contributed by atoms with E-state index in [2.05, 4.69) is 0 Å². The Labute approximate surface area is 123 Å². The summed E-state index contributed by atoms with van der Waals surface area (Å²) in [6, 6.07) is 2.33. The van der Waals surface area contributed by atoms with Gasteiger partial charge < -0.3 is 15.6 Å². The number of carbonyl (C=O) groups is 1. The highest BCUT2D eigenvalue weighted by atomic mass is 127. The molecule has 1 rings (SSSR count). The van der Waals surface area contributed by atoms with Crippen molar-refractivity contribution in [3.05, 3.63) is 31.4 Å². The Morgan fingerprint density at radius 2 is 2.16 bits per heavy atom. The van der Waals surface area contributed by atoms with Crippen LogP contribution in [0.4, 0.5) is 5.69 Å². The molecule has 3 N–H and O–H groups in total. The number of hydrogen-bond donors (Lipinski definition) is 2. The number of aliphatic hydroxyl groups is 1. The zero-order chi connectivity index (χ0) is 14.8. The lowest BCUT2D eigenvalue weighted by Gasteiger charge is -2.19. The Morgan fingerprint density at radius 3 is 2.58 bits per heavy atom. The molecule has 1 aromatic carbocycles. The van der Waals surface area contributed by atoms with Crippen LogP contribution in [0, 0.1) is 13.7 Å². The smallest absolute Gasteiger partial charge is 0.271 e. The molecule has 8 heteroatoms. The monoisotopic (exact) mass is 380 g/mol. The van der Waals surface area contributed by atoms with Gasteiger partial charge in [-0.25, -0.2) is 0 Å². The number of non-ortho nitro benzene ring substituents is 1. The molecule has 7 nitrogen and oxygen atoms in total. The molecule has 0 spiro atoms. The third kappa shape index (κ3) is 4.31. The third-order valence-electron chi connectivity index (χ3n) is 2.07. The van der Waals surface area contributed by atoms with Crippen molar-refractivity contribution in [2.45, 2.75) is 19.4 Å². The molecular formula is C11H13IN2O5. The molecule has 104 valence electrons. The Kier molecular flexibility index (Phi) is 4.69. The number of benzene rings is 1. The van der Waals surface area contributed by atoms with Crippen molar-refractivity contribution in [1.29, 1.82) is 0 Å². The lowest BCUT2D eigenvalue weighted by Crippen LogP contribution is -2.29. The van der Waals surface area contributed by atoms with E-state index in [1.807, 2.05) is 22.6 Å². The molecule has 1 aromatic rings. The van der Waals surface area contributed by atoms with Gasteiger partial charge in [-0.1, -0.05) is 0 Å². The summed E-state index contributed by atoms with van der Waals surface area (Å²) in [5.74, 6) is -0.687. The molecule has 0 saturated heterocycles. The second-order valence-corrected chi connectivity index (χ2v) is 5.69. The number of halogens is 1. The molecule has 0 unspecified atom stereocenters. The van der Waals surface area contributed by atoms with Gasteiger partial charge in [-0.15, -0.1) is 0 Å². The molecule has 0 aliphatic heterocycles. The second-order valence-electron chi connectivity index (χ2n) is 4.53. The van der Waals surface area contributed by atoms with Crippen molar-refractivity contribution in [2.75, 3.05) is 6.61 Å². The van der Waals surface area contributed by atoms with Crippen molar-refractivity contribution in [2.24, 2.45) is 5.73 Å². The summed E-state index contributed by atoms with van der Waals surface area (Å²) in [7, 11) is 0. The number of nitro groups is 1. The minimum atomic E-state index is -1.10. The van der Waals surface area contributed by atoms with E-state index in [1.54, 1.807) is 0 Å². The Balaban J connectivity index is 3.23. The van der Waals surface area contributed by atoms with Crippen LogP contribution in [0.25, 0.3) is 0 Å². The molecule has 0 aromatic heterocycles. The molecule has 0 aliphatic rings. The quantitative estimate of drug-likeness (QED) is 0.456. The topological polar surface area (TPSA) is 116 Å². The number of amides is 1. The highest BCUT2D eigenvalue weighted by Crippen LogP contribution is 2.31. The lowest BCUT2D eigenvalue weighted by molar-refractivity contribution is -0.385. The lowest BCUT2D eigenvalue weighted by atomic mass is 10.1. The number of carbonyl (C=O) groups excluding carboxylic acids is 1. The molecule has 19 heavy (non-hydrogen) atoms. The van der Waals surface area contributed by atoms with E-state index in [9.17, 15) is 20.0 Å². The third-order valence-corrected chi connectivity index (χ3v) is 2.88. The summed E-state index contributed by atoms with van der Waals surface area (Å²) >= 11 is 1.81. The van der Waals surface area contributed by atoms with E-state index < -0.39 is 16.4 Å². The van der Waals surface area contributed by atoms with Gasteiger partial charge in [0.05, 0.1) is 19.7 Å². The van der Waals surface area contributed by atoms with Gasteiger partial charge >= 0.3 is 0 Å². The molecule has 0 aliphatic carbocycles. The van der Waals surface area contributed by atoms with E-state index in [1.165, 1.54) is 19.9 Å². The first-order valence-corrected chi connectivity index (χ1v) is 6.32. The molecule has 0 atom stereocenters. The maximum Gasteiger partial charge on any atom is 0.271 e. The highest BCUT2D eigenvalue weighted by molar-refractivity contribution is 14.1. The standard InChI is InChI=1S/C11H13IN2O5/c1-11(2,16)5-19-9-7(10(13)15)3-6(14(17)18)4-8(9)12/h3-4,16H,5H2,1-2H3,(H2,13,15). The van der Waals surface area contributed by atoms with Gasteiger partial charge in [0.15, 0.2) is 0 Å². The summed E-state index contributed by atoms with van der Waals surface area (Å²) in [6.07, 6.45) is 0. The van der Waals surface area contributed by atoms with Crippen molar-refractivity contribution in [3.63, 3.8) is 0 Å². The molecular weight excluding hydrogens is 367 g/mol. The highest BCUT2D eigenvalue weighted by Gasteiger charge is 2.22. The Hall–Kier alpha value is -1.42. The van der Waals surface area contributed by atoms with Crippen LogP contribution < -0.4 is 10.5 Å². The van der Waals surface area contributed by atoms with Crippen molar-refractivity contribution >= 4 is 34.2 Å². The van der Waals surface area contributed by atoms with Crippen LogP contribution in [0.15, 0.2) is 12.1 Å². The maximum atomic E-state index is 11.3. The zero-order valence-corrected chi connectivity index (χ0v) is 12.5. The van der Waals surface area contributed by atoms with Gasteiger partial charge in [0.25, 0.3) is 11.6 Å². The second kappa shape index (κ2) is 5.70. The van der Waals surface area contributed by atoms with Gasteiger partial charge in [-0.05, 0) is 36.4 Å². The number of hydrogen-bond acceptors (Lipinski definition) is 5. The van der Waals surface area contributed by atoms with Crippen LogP contribution in [-0.4, -0.2) is 28.1 Å². The number of rotatable bonds is 5. The zero-order valence-electron chi connectivity index (χ0n) is 10.3. The van der Waals surface area contributed by atoms with E-state index >= 15 is 0 Å². The van der Waals surface area contributed by atoms with E-state index in [-0.39, 0.29) is 23.6 Å². The van der Waals surface area contributed by atoms with Crippen molar-refractivity contribution in [1.82, 2.24) is 0 Å². The van der Waals surface area contributed by atoms with Crippen LogP contribution >= 0.6 is 22.6 Å². The Morgan fingerprint density at radius 1 is 1.58 bits per heavy atom. The summed E-state index contributed by atoms with van der Waals surface area (Å²) in [6.45, 7) is 3.01. The fraction of sp³-hybridized carbons (Fsp3) is 0.364. The summed E-state index contributed by atoms with van der Waals surface area (Å²) in [5.41, 5.74) is 3.76. The average Bonchev–Trinajstić information content (AvgIpc) is 2.24. The fourth-order valence-corrected chi connectivity index (χ4v) is 2.03. The first kappa shape index (κ1) is 15.6. The normalized spacial score (nSPS) is 11.2. The van der Waals surface area contributed by atoms with E-state index in [4.69, 9.17) is 10.5 Å². The Bertz CT molecular complexity index is 525. The number of nitrogens with two attached hydrogens (primary N) is 1. The van der Waals surface area contributed by atoms with Gasteiger partial charge in [-0.2, -0.15) is 0 Å². The SMILES string of the molecule is CC(C)(O)COc1c(I)cc([N+](=O)[O-])cc1C(N)=O. The molecule has 0 fully saturated rings. The van der Waals surface area contributed by atoms with Crippen LogP contribution in [-0.2, 0) is 0 Å². The summed E-state index contributed by atoms with van der Waals surface area (Å²) in [4.78, 5) is 21.4. The number of primary amides is 1. The summed E-state index contributed by atoms with van der Waals surface area (Å²) in [5, 5.41) is 20.3. The molecule has 0 radical (unpaired) electrons. The van der Waals surface area contributed by atoms with Crippen LogP contribution in [0.3, 0.4) is 0 Å². The van der Waals surface area contributed by atoms with Crippen molar-refractivity contribution < 1.29 is 19.6 Å². The summed E-state index contributed by atoms with van der Waals surface area (Å²) < 4.78 is 5.73. The molecule has 1 amide bonds. The van der Waals surface area contributed by atoms with Gasteiger partial charge in [0.1, 0.15) is 12.4 Å². The van der Waals surface area contributed by atoms with Crippen LogP contribution in [0.2, 0.25) is 0 Å². The molecule has 0 bridgehead atoms. The van der Waals surface area contributed by atoms with Gasteiger partial charge in [-0.3, -0.25) is 14.9 Å². The van der Waals surface area contributed by atoms with Gasteiger partial charge in [0.2, 0.25) is 0 Å². The molecule has 0 saturated carbocycles. The largest absolute Gasteiger partial charge is 0.489 e. The minimum Gasteiger partial charge on any atom is -0.489 e. The average molecular weight is 380 g/mol. The van der Waals surface area contributed by atoms with E-state index in [0.29, 0.717) is 3.57 Å². The maximum absolute atomic E-state index is 11.3. The minimum absolute atomic E-state index is 0.0684. The number of ether oxygens (including phenoxy) is 1. The predicted molar refractivity (Wildman–Crippen MR) is 76.1 cm³/mol. The van der Waals surface area contributed by atoms with Crippen molar-refractivity contribution in [3.8, 4) is 5.75 Å². The predicted octanol–water partition coefficient (Wildman–Crippen LogP) is 1.45. The molecule has 0 heterocycles. The number of nitro benzene ring substituents is 1. The number of nitrogens with zero attached hydrogens (tertiary/aromatic N) is 1. The first-order chi connectivity index (χ1) is 8.61.